The maximum Gasteiger partial charge on any atom is 0.328 e. The zero-order valence-corrected chi connectivity index (χ0v) is 23.5. The fourth-order valence-corrected chi connectivity index (χ4v) is 7.27. The average molecular weight is 565 g/mol. The number of rotatable bonds is 4. The summed E-state index contributed by atoms with van der Waals surface area (Å²) in [6.07, 6.45) is 2.74. The number of hydrogen-bond donors (Lipinski definition) is 2. The van der Waals surface area contributed by atoms with E-state index < -0.39 is 5.97 Å². The van der Waals surface area contributed by atoms with Crippen molar-refractivity contribution in [3.8, 4) is 28.0 Å². The molecule has 0 spiro atoms. The van der Waals surface area contributed by atoms with Gasteiger partial charge in [0.25, 0.3) is 0 Å². The van der Waals surface area contributed by atoms with Crippen LogP contribution in [0.3, 0.4) is 0 Å². The lowest BCUT2D eigenvalue weighted by atomic mass is 9.86. The Balaban J connectivity index is 1.37. The first-order valence-electron chi connectivity index (χ1n) is 14.7. The molecule has 0 amide bonds. The lowest BCUT2D eigenvalue weighted by Gasteiger charge is -2.19. The lowest BCUT2D eigenvalue weighted by molar-refractivity contribution is -0.131. The molecule has 44 heavy (non-hydrogen) atoms. The van der Waals surface area contributed by atoms with Gasteiger partial charge >= 0.3 is 5.97 Å². The lowest BCUT2D eigenvalue weighted by Crippen LogP contribution is -1.92. The molecule has 0 heterocycles. The zero-order valence-electron chi connectivity index (χ0n) is 23.5. The first-order chi connectivity index (χ1) is 21.5. The Morgan fingerprint density at radius 3 is 1.30 bits per heavy atom. The van der Waals surface area contributed by atoms with E-state index in [2.05, 4.69) is 109 Å². The molecule has 0 aromatic heterocycles. The largest absolute Gasteiger partial charge is 0.507 e. The molecule has 206 valence electrons. The van der Waals surface area contributed by atoms with Crippen molar-refractivity contribution < 1.29 is 15.0 Å². The van der Waals surface area contributed by atoms with Crippen LogP contribution in [0.15, 0.2) is 127 Å². The zero-order chi connectivity index (χ0) is 29.5. The molecule has 2 N–H and O–H groups in total. The fraction of sp³-hybridized carbons (Fsp3) is 0. The quantitative estimate of drug-likeness (QED) is 0.165. The predicted molar refractivity (Wildman–Crippen MR) is 183 cm³/mol. The summed E-state index contributed by atoms with van der Waals surface area (Å²) in [5, 5.41) is 35.4. The number of phenols is 1. The molecular weight excluding hydrogens is 540 g/mol. The van der Waals surface area contributed by atoms with Crippen molar-refractivity contribution in [2.24, 2.45) is 0 Å². The molecule has 9 aromatic rings. The van der Waals surface area contributed by atoms with E-state index in [-0.39, 0.29) is 5.75 Å². The van der Waals surface area contributed by atoms with Crippen molar-refractivity contribution in [1.29, 1.82) is 0 Å². The number of hydrogen-bond acceptors (Lipinski definition) is 2. The molecule has 0 unspecified atom stereocenters. The Labute approximate surface area is 252 Å². The Kier molecular flexibility index (Phi) is 5.06. The van der Waals surface area contributed by atoms with Crippen LogP contribution in [0.2, 0.25) is 0 Å². The van der Waals surface area contributed by atoms with Crippen molar-refractivity contribution in [3.63, 3.8) is 0 Å². The molecule has 0 atom stereocenters. The van der Waals surface area contributed by atoms with Crippen LogP contribution < -0.4 is 0 Å². The number of benzene rings is 9. The van der Waals surface area contributed by atoms with Gasteiger partial charge in [-0.1, -0.05) is 109 Å². The van der Waals surface area contributed by atoms with E-state index in [1.165, 1.54) is 32.3 Å². The highest BCUT2D eigenvalue weighted by atomic mass is 16.4. The second-order valence-electron chi connectivity index (χ2n) is 11.6. The van der Waals surface area contributed by atoms with Crippen LogP contribution in [0.4, 0.5) is 0 Å². The Bertz CT molecular complexity index is 2440. The SMILES string of the molecule is O=C(O)C=Cc1cc(-c2ccc3ccc4cccc5ccc2c3c45)c(O)c(-c2ccc3ccc4cccc5ccc2c3c45)c1. The summed E-state index contributed by atoms with van der Waals surface area (Å²) in [5.41, 5.74) is 3.83. The molecule has 0 aliphatic rings. The summed E-state index contributed by atoms with van der Waals surface area (Å²) in [7, 11) is 0. The maximum absolute atomic E-state index is 12.2. The number of aromatic hydroxyl groups is 1. The van der Waals surface area contributed by atoms with Crippen molar-refractivity contribution in [3.05, 3.63) is 133 Å². The van der Waals surface area contributed by atoms with Crippen LogP contribution in [0.25, 0.3) is 93.0 Å². The molecule has 0 fully saturated rings. The van der Waals surface area contributed by atoms with E-state index in [4.69, 9.17) is 0 Å². The van der Waals surface area contributed by atoms with Crippen LogP contribution in [0.1, 0.15) is 5.56 Å². The topological polar surface area (TPSA) is 57.5 Å². The summed E-state index contributed by atoms with van der Waals surface area (Å²) in [5.74, 6) is -0.853. The fourth-order valence-electron chi connectivity index (χ4n) is 7.27. The van der Waals surface area contributed by atoms with E-state index in [9.17, 15) is 15.0 Å². The van der Waals surface area contributed by atoms with Gasteiger partial charge in [0.2, 0.25) is 0 Å². The van der Waals surface area contributed by atoms with Crippen LogP contribution >= 0.6 is 0 Å². The summed E-state index contributed by atoms with van der Waals surface area (Å²) in [4.78, 5) is 11.6. The van der Waals surface area contributed by atoms with Gasteiger partial charge in [0.15, 0.2) is 0 Å². The number of carboxylic acids is 1. The van der Waals surface area contributed by atoms with Crippen molar-refractivity contribution in [2.45, 2.75) is 0 Å². The van der Waals surface area contributed by atoms with Gasteiger partial charge in [-0.2, -0.15) is 0 Å². The summed E-state index contributed by atoms with van der Waals surface area (Å²) in [6.45, 7) is 0. The van der Waals surface area contributed by atoms with Gasteiger partial charge in [0.1, 0.15) is 5.75 Å². The third-order valence-corrected chi connectivity index (χ3v) is 9.19. The Morgan fingerprint density at radius 1 is 0.477 bits per heavy atom. The molecule has 0 saturated heterocycles. The van der Waals surface area contributed by atoms with Crippen molar-refractivity contribution in [1.82, 2.24) is 0 Å². The molecule has 0 bridgehead atoms. The minimum Gasteiger partial charge on any atom is -0.507 e. The summed E-state index contributed by atoms with van der Waals surface area (Å²) >= 11 is 0. The second-order valence-corrected chi connectivity index (χ2v) is 11.6. The number of phenolic OH excluding ortho intramolecular Hbond substituents is 1. The maximum atomic E-state index is 12.2. The van der Waals surface area contributed by atoms with Crippen LogP contribution in [-0.2, 0) is 4.79 Å². The minimum atomic E-state index is -1.02. The van der Waals surface area contributed by atoms with Gasteiger partial charge in [-0.25, -0.2) is 4.79 Å². The molecule has 0 radical (unpaired) electrons. The third kappa shape index (κ3) is 3.47. The minimum absolute atomic E-state index is 0.169. The van der Waals surface area contributed by atoms with Gasteiger partial charge in [-0.05, 0) is 99.5 Å². The van der Waals surface area contributed by atoms with Gasteiger partial charge in [0.05, 0.1) is 0 Å². The van der Waals surface area contributed by atoms with Gasteiger partial charge in [-0.3, -0.25) is 0 Å². The molecule has 3 heteroatoms. The number of aliphatic carboxylic acids is 1. The smallest absolute Gasteiger partial charge is 0.328 e. The first kappa shape index (κ1) is 24.6. The normalized spacial score (nSPS) is 12.3. The number of carboxylic acid groups (broad SMARTS) is 1. The molecule has 9 rings (SSSR count). The highest BCUT2D eigenvalue weighted by molar-refractivity contribution is 6.27. The average Bonchev–Trinajstić information content (AvgIpc) is 3.05. The molecule has 0 saturated carbocycles. The predicted octanol–water partition coefficient (Wildman–Crippen LogP) is 10.6. The standard InChI is InChI=1S/C41H24O3/c42-36(43)20-7-23-21-34(30-16-12-28-10-8-24-3-1-5-26-14-18-32(30)39(28)37(24)26)41(44)35(22-23)31-17-13-29-11-9-25-4-2-6-27-15-19-33(31)40(29)38(25)27/h1-22,44H,(H,42,43). The van der Waals surface area contributed by atoms with Crippen molar-refractivity contribution >= 4 is 76.7 Å². The van der Waals surface area contributed by atoms with E-state index in [1.807, 2.05) is 12.1 Å². The molecule has 3 nitrogen and oxygen atoms in total. The van der Waals surface area contributed by atoms with Gasteiger partial charge in [0, 0.05) is 17.2 Å². The Hall–Kier alpha value is -5.93. The molecule has 0 aliphatic carbocycles. The van der Waals surface area contributed by atoms with E-state index >= 15 is 0 Å². The van der Waals surface area contributed by atoms with E-state index in [0.717, 1.165) is 49.5 Å². The molecule has 9 aromatic carbocycles. The van der Waals surface area contributed by atoms with E-state index in [0.29, 0.717) is 16.7 Å². The monoisotopic (exact) mass is 564 g/mol. The molecule has 0 aliphatic heterocycles. The first-order valence-corrected chi connectivity index (χ1v) is 14.7. The highest BCUT2D eigenvalue weighted by Gasteiger charge is 2.20. The Morgan fingerprint density at radius 2 is 0.864 bits per heavy atom. The molecular formula is C41H24O3. The van der Waals surface area contributed by atoms with Crippen molar-refractivity contribution in [2.75, 3.05) is 0 Å². The van der Waals surface area contributed by atoms with Crippen LogP contribution in [0.5, 0.6) is 5.75 Å². The third-order valence-electron chi connectivity index (χ3n) is 9.19. The highest BCUT2D eigenvalue weighted by Crippen LogP contribution is 2.47. The van der Waals surface area contributed by atoms with E-state index in [1.54, 1.807) is 6.08 Å². The van der Waals surface area contributed by atoms with Gasteiger partial charge < -0.3 is 10.2 Å². The summed E-state index contributed by atoms with van der Waals surface area (Å²) < 4.78 is 0. The second kappa shape index (κ2) is 9.03. The van der Waals surface area contributed by atoms with Crippen LogP contribution in [0, 0.1) is 0 Å². The number of carbonyl (C=O) groups is 1. The van der Waals surface area contributed by atoms with Crippen LogP contribution in [-0.4, -0.2) is 16.2 Å². The van der Waals surface area contributed by atoms with Gasteiger partial charge in [-0.15, -0.1) is 0 Å². The summed E-state index contributed by atoms with van der Waals surface area (Å²) in [6, 6.07) is 42.0.